The fraction of sp³-hybridized carbons (Fsp3) is 0.158. The van der Waals surface area contributed by atoms with Crippen molar-refractivity contribution in [3.63, 3.8) is 0 Å². The number of hydrogen-bond donors (Lipinski definition) is 1. The first kappa shape index (κ1) is 19.6. The molecular formula is C19H16Cl2N2O3. The summed E-state index contributed by atoms with van der Waals surface area (Å²) in [5, 5.41) is 12.7. The van der Waals surface area contributed by atoms with Crippen LogP contribution < -0.4 is 14.8 Å². The van der Waals surface area contributed by atoms with Crippen LogP contribution in [0.5, 0.6) is 11.5 Å². The number of methoxy groups -OCH3 is 1. The van der Waals surface area contributed by atoms with Gasteiger partial charge in [0, 0.05) is 17.3 Å². The van der Waals surface area contributed by atoms with Crippen molar-refractivity contribution in [3.05, 3.63) is 57.6 Å². The fourth-order valence-electron chi connectivity index (χ4n) is 2.12. The molecule has 2 aromatic rings. The molecule has 0 heterocycles. The van der Waals surface area contributed by atoms with Gasteiger partial charge in [-0.25, -0.2) is 0 Å². The molecule has 0 atom stereocenters. The van der Waals surface area contributed by atoms with E-state index < -0.39 is 5.91 Å². The third-order valence-corrected chi connectivity index (χ3v) is 4.10. The highest BCUT2D eigenvalue weighted by molar-refractivity contribution is 6.42. The van der Waals surface area contributed by atoms with Crippen molar-refractivity contribution >= 4 is 40.9 Å². The first-order valence-electron chi connectivity index (χ1n) is 7.67. The van der Waals surface area contributed by atoms with Crippen LogP contribution in [0, 0.1) is 11.3 Å². The number of nitrogens with one attached hydrogen (secondary N) is 1. The minimum atomic E-state index is -0.566. The predicted molar refractivity (Wildman–Crippen MR) is 103 cm³/mol. The highest BCUT2D eigenvalue weighted by Gasteiger charge is 2.13. The molecule has 0 saturated heterocycles. The molecule has 0 aliphatic rings. The Bertz CT molecular complexity index is 889. The Labute approximate surface area is 161 Å². The first-order chi connectivity index (χ1) is 12.5. The predicted octanol–water partition coefficient (Wildman–Crippen LogP) is 4.95. The molecule has 0 unspecified atom stereocenters. The number of anilines is 1. The summed E-state index contributed by atoms with van der Waals surface area (Å²) in [5.74, 6) is 0.565. The molecule has 5 nitrogen and oxygen atoms in total. The van der Waals surface area contributed by atoms with Gasteiger partial charge in [0.15, 0.2) is 0 Å². The van der Waals surface area contributed by atoms with Crippen LogP contribution in [0.2, 0.25) is 10.0 Å². The number of nitrogens with zero attached hydrogens (tertiary/aromatic N) is 1. The van der Waals surface area contributed by atoms with Crippen molar-refractivity contribution in [2.75, 3.05) is 19.0 Å². The lowest BCUT2D eigenvalue weighted by Crippen LogP contribution is -2.13. The van der Waals surface area contributed by atoms with Gasteiger partial charge >= 0.3 is 0 Å². The zero-order chi connectivity index (χ0) is 19.1. The van der Waals surface area contributed by atoms with Crippen molar-refractivity contribution in [2.24, 2.45) is 0 Å². The molecule has 7 heteroatoms. The van der Waals surface area contributed by atoms with Crippen molar-refractivity contribution in [1.29, 1.82) is 5.26 Å². The molecule has 0 radical (unpaired) electrons. The number of benzene rings is 2. The number of carbonyl (C=O) groups is 1. The molecule has 134 valence electrons. The topological polar surface area (TPSA) is 71.3 Å². The number of hydrogen-bond acceptors (Lipinski definition) is 4. The number of carbonyl (C=O) groups excluding carboxylic acids is 1. The lowest BCUT2D eigenvalue weighted by Gasteiger charge is -2.10. The molecule has 0 fully saturated rings. The molecule has 0 aromatic heterocycles. The average Bonchev–Trinajstić information content (AvgIpc) is 2.63. The van der Waals surface area contributed by atoms with Gasteiger partial charge in [-0.05, 0) is 43.3 Å². The van der Waals surface area contributed by atoms with Crippen LogP contribution in [0.15, 0.2) is 42.0 Å². The summed E-state index contributed by atoms with van der Waals surface area (Å²) >= 11 is 11.8. The summed E-state index contributed by atoms with van der Waals surface area (Å²) in [6.45, 7) is 2.28. The van der Waals surface area contributed by atoms with Crippen molar-refractivity contribution in [1.82, 2.24) is 0 Å². The average molecular weight is 391 g/mol. The van der Waals surface area contributed by atoms with Gasteiger partial charge in [-0.15, -0.1) is 0 Å². The van der Waals surface area contributed by atoms with E-state index in [1.54, 1.807) is 37.4 Å². The lowest BCUT2D eigenvalue weighted by molar-refractivity contribution is -0.112. The van der Waals surface area contributed by atoms with Crippen molar-refractivity contribution in [2.45, 2.75) is 6.92 Å². The SMILES string of the molecule is CCOc1cc(OC)ccc1/C=C(\C#N)C(=O)Nc1ccc(Cl)c(Cl)c1. The zero-order valence-corrected chi connectivity index (χ0v) is 15.7. The fourth-order valence-corrected chi connectivity index (χ4v) is 2.42. The van der Waals surface area contributed by atoms with Gasteiger partial charge in [-0.2, -0.15) is 5.26 Å². The monoisotopic (exact) mass is 390 g/mol. The Morgan fingerprint density at radius 2 is 2.00 bits per heavy atom. The molecule has 2 aromatic carbocycles. The largest absolute Gasteiger partial charge is 0.497 e. The minimum Gasteiger partial charge on any atom is -0.497 e. The molecular weight excluding hydrogens is 375 g/mol. The standard InChI is InChI=1S/C19H16Cl2N2O3/c1-3-26-18-10-15(25-2)6-4-12(18)8-13(11-22)19(24)23-14-5-7-16(20)17(21)9-14/h4-10H,3H2,1-2H3,(H,23,24)/b13-8+. The van der Waals surface area contributed by atoms with Crippen LogP contribution in [0.3, 0.4) is 0 Å². The maximum absolute atomic E-state index is 12.4. The summed E-state index contributed by atoms with van der Waals surface area (Å²) < 4.78 is 10.7. The Morgan fingerprint density at radius 3 is 2.62 bits per heavy atom. The van der Waals surface area contributed by atoms with E-state index in [0.29, 0.717) is 39.4 Å². The normalized spacial score (nSPS) is 10.8. The molecule has 2 rings (SSSR count). The smallest absolute Gasteiger partial charge is 0.266 e. The Morgan fingerprint density at radius 1 is 1.23 bits per heavy atom. The van der Waals surface area contributed by atoms with Crippen LogP contribution in [0.25, 0.3) is 6.08 Å². The van der Waals surface area contributed by atoms with Gasteiger partial charge in [0.1, 0.15) is 23.1 Å². The summed E-state index contributed by atoms with van der Waals surface area (Å²) in [7, 11) is 1.55. The molecule has 0 saturated carbocycles. The zero-order valence-electron chi connectivity index (χ0n) is 14.2. The minimum absolute atomic E-state index is 0.0813. The van der Waals surface area contributed by atoms with Crippen LogP contribution in [0.1, 0.15) is 12.5 Å². The van der Waals surface area contributed by atoms with Gasteiger partial charge in [-0.3, -0.25) is 4.79 Å². The molecule has 26 heavy (non-hydrogen) atoms. The highest BCUT2D eigenvalue weighted by Crippen LogP contribution is 2.28. The summed E-state index contributed by atoms with van der Waals surface area (Å²) in [5.41, 5.74) is 0.945. The Kier molecular flexibility index (Phi) is 6.90. The van der Waals surface area contributed by atoms with Gasteiger partial charge in [0.05, 0.1) is 23.8 Å². The van der Waals surface area contributed by atoms with E-state index in [1.807, 2.05) is 13.0 Å². The molecule has 1 N–H and O–H groups in total. The molecule has 0 aliphatic carbocycles. The van der Waals surface area contributed by atoms with Gasteiger partial charge in [0.25, 0.3) is 5.91 Å². The van der Waals surface area contributed by atoms with Crippen LogP contribution in [0.4, 0.5) is 5.69 Å². The number of rotatable bonds is 6. The van der Waals surface area contributed by atoms with Gasteiger partial charge in [0.2, 0.25) is 0 Å². The van der Waals surface area contributed by atoms with Crippen LogP contribution in [-0.4, -0.2) is 19.6 Å². The number of ether oxygens (including phenoxy) is 2. The van der Waals surface area contributed by atoms with E-state index >= 15 is 0 Å². The molecule has 0 aliphatic heterocycles. The van der Waals surface area contributed by atoms with E-state index in [-0.39, 0.29) is 5.57 Å². The molecule has 1 amide bonds. The van der Waals surface area contributed by atoms with Crippen LogP contribution >= 0.6 is 23.2 Å². The third-order valence-electron chi connectivity index (χ3n) is 3.36. The second-order valence-electron chi connectivity index (χ2n) is 5.09. The van der Waals surface area contributed by atoms with E-state index in [1.165, 1.54) is 12.1 Å². The number of amides is 1. The van der Waals surface area contributed by atoms with Gasteiger partial charge < -0.3 is 14.8 Å². The van der Waals surface area contributed by atoms with Crippen molar-refractivity contribution < 1.29 is 14.3 Å². The Hall–Kier alpha value is -2.68. The van der Waals surface area contributed by atoms with Crippen molar-refractivity contribution in [3.8, 4) is 17.6 Å². The first-order valence-corrected chi connectivity index (χ1v) is 8.43. The summed E-state index contributed by atoms with van der Waals surface area (Å²) in [6, 6.07) is 11.7. The number of halogens is 2. The van der Waals surface area contributed by atoms with E-state index in [4.69, 9.17) is 32.7 Å². The quantitative estimate of drug-likeness (QED) is 0.559. The van der Waals surface area contributed by atoms with Crippen LogP contribution in [-0.2, 0) is 4.79 Å². The molecule has 0 bridgehead atoms. The third kappa shape index (κ3) is 4.92. The van der Waals surface area contributed by atoms with Gasteiger partial charge in [-0.1, -0.05) is 23.2 Å². The Balaban J connectivity index is 2.30. The molecule has 0 spiro atoms. The summed E-state index contributed by atoms with van der Waals surface area (Å²) in [4.78, 5) is 12.4. The van der Waals surface area contributed by atoms with E-state index in [2.05, 4.69) is 5.32 Å². The second-order valence-corrected chi connectivity index (χ2v) is 5.90. The lowest BCUT2D eigenvalue weighted by atomic mass is 10.1. The highest BCUT2D eigenvalue weighted by atomic mass is 35.5. The maximum atomic E-state index is 12.4. The maximum Gasteiger partial charge on any atom is 0.266 e. The van der Waals surface area contributed by atoms with E-state index in [0.717, 1.165) is 0 Å². The van der Waals surface area contributed by atoms with E-state index in [9.17, 15) is 10.1 Å². The second kappa shape index (κ2) is 9.14. The number of nitriles is 1. The summed E-state index contributed by atoms with van der Waals surface area (Å²) in [6.07, 6.45) is 1.46.